The average Bonchev–Trinajstić information content (AvgIpc) is 3.51. The molecule has 0 saturated heterocycles. The lowest BCUT2D eigenvalue weighted by Gasteiger charge is -2.32. The summed E-state index contributed by atoms with van der Waals surface area (Å²) in [6.45, 7) is 1.91. The molecule has 1 atom stereocenters. The van der Waals surface area contributed by atoms with E-state index < -0.39 is 17.9 Å². The number of amides is 3. The third-order valence-electron chi connectivity index (χ3n) is 6.59. The van der Waals surface area contributed by atoms with Gasteiger partial charge < -0.3 is 21.7 Å². The van der Waals surface area contributed by atoms with Crippen LogP contribution in [0, 0.1) is 6.92 Å². The Morgan fingerprint density at radius 3 is 2.30 bits per heavy atom. The van der Waals surface area contributed by atoms with Gasteiger partial charge in [-0.05, 0) is 66.7 Å². The summed E-state index contributed by atoms with van der Waals surface area (Å²) in [5.74, 6) is -1.63. The number of benzene rings is 2. The second-order valence-corrected chi connectivity index (χ2v) is 10.3. The molecule has 3 amide bonds. The molecule has 1 fully saturated rings. The van der Waals surface area contributed by atoms with E-state index in [1.165, 1.54) is 4.90 Å². The molecule has 4 rings (SSSR count). The van der Waals surface area contributed by atoms with Crippen molar-refractivity contribution in [3.8, 4) is 0 Å². The van der Waals surface area contributed by atoms with Gasteiger partial charge in [-0.25, -0.2) is 0 Å². The Morgan fingerprint density at radius 1 is 1.05 bits per heavy atom. The van der Waals surface area contributed by atoms with Gasteiger partial charge in [0.25, 0.3) is 11.8 Å². The summed E-state index contributed by atoms with van der Waals surface area (Å²) in [5, 5.41) is 3.16. The number of rotatable bonds is 8. The highest BCUT2D eigenvalue weighted by atomic mass is 32.1. The molecule has 1 aromatic heterocycles. The molecule has 37 heavy (non-hydrogen) atoms. The van der Waals surface area contributed by atoms with Crippen molar-refractivity contribution in [3.05, 3.63) is 70.2 Å². The first-order valence-electron chi connectivity index (χ1n) is 12.2. The maximum Gasteiger partial charge on any atom is 0.273 e. The lowest BCUT2D eigenvalue weighted by atomic mass is 10.0. The van der Waals surface area contributed by atoms with Crippen LogP contribution in [-0.2, 0) is 4.79 Å². The van der Waals surface area contributed by atoms with Crippen LogP contribution >= 0.6 is 11.5 Å². The summed E-state index contributed by atoms with van der Waals surface area (Å²) < 4.78 is 4.01. The maximum absolute atomic E-state index is 14.1. The Labute approximate surface area is 220 Å². The minimum absolute atomic E-state index is 0.0545. The molecule has 9 nitrogen and oxygen atoms in total. The van der Waals surface area contributed by atoms with Crippen molar-refractivity contribution in [2.24, 2.45) is 5.73 Å². The third kappa shape index (κ3) is 5.59. The number of aromatic nitrogens is 1. The summed E-state index contributed by atoms with van der Waals surface area (Å²) in [7, 11) is 3.87. The van der Waals surface area contributed by atoms with Crippen LogP contribution in [0.4, 0.5) is 17.1 Å². The van der Waals surface area contributed by atoms with E-state index in [9.17, 15) is 14.4 Å². The molecule has 0 aliphatic heterocycles. The largest absolute Gasteiger partial charge is 0.395 e. The summed E-state index contributed by atoms with van der Waals surface area (Å²) in [6, 6.07) is 14.0. The predicted octanol–water partition coefficient (Wildman–Crippen LogP) is 3.65. The smallest absolute Gasteiger partial charge is 0.273 e. The Balaban J connectivity index is 1.86. The van der Waals surface area contributed by atoms with Gasteiger partial charge in [0.15, 0.2) is 5.69 Å². The topological polar surface area (TPSA) is 135 Å². The van der Waals surface area contributed by atoms with Crippen LogP contribution in [0.5, 0.6) is 0 Å². The second kappa shape index (κ2) is 11.0. The summed E-state index contributed by atoms with van der Waals surface area (Å²) in [5.41, 5.74) is 14.4. The van der Waals surface area contributed by atoms with Gasteiger partial charge in [0.1, 0.15) is 10.9 Å². The minimum atomic E-state index is -0.982. The van der Waals surface area contributed by atoms with Gasteiger partial charge in [-0.1, -0.05) is 37.1 Å². The zero-order chi connectivity index (χ0) is 26.7. The lowest BCUT2D eigenvalue weighted by Crippen LogP contribution is -2.46. The van der Waals surface area contributed by atoms with Crippen LogP contribution in [0.1, 0.15) is 63.0 Å². The van der Waals surface area contributed by atoms with E-state index in [4.69, 9.17) is 11.5 Å². The standard InChI is InChI=1S/C27H32N6O3S/c1-16-7-6-10-20(15-16)33(27(36)24-21(28)22(25(29)34)31-37-24)23(26(35)30-18-8-4-5-9-18)17-11-13-19(14-12-17)32(2)3/h6-7,10-15,18,23H,4-5,8-9,28H2,1-3H3,(H2,29,34)(H,30,35). The van der Waals surface area contributed by atoms with Crippen LogP contribution < -0.4 is 26.6 Å². The van der Waals surface area contributed by atoms with E-state index >= 15 is 0 Å². The Kier molecular flexibility index (Phi) is 7.77. The zero-order valence-corrected chi connectivity index (χ0v) is 22.0. The number of nitrogens with one attached hydrogen (secondary N) is 1. The molecular weight excluding hydrogens is 488 g/mol. The number of carbonyl (C=O) groups excluding carboxylic acids is 3. The SMILES string of the molecule is Cc1cccc(N(C(=O)c2snc(C(N)=O)c2N)C(C(=O)NC2CCCC2)c2ccc(N(C)C)cc2)c1. The first-order chi connectivity index (χ1) is 17.7. The number of aryl methyl sites for hydroxylation is 1. The molecule has 1 aliphatic rings. The Bertz CT molecular complexity index is 1300. The number of hydrogen-bond donors (Lipinski definition) is 3. The normalized spacial score (nSPS) is 14.2. The van der Waals surface area contributed by atoms with Gasteiger partial charge in [-0.3, -0.25) is 19.3 Å². The molecule has 0 radical (unpaired) electrons. The van der Waals surface area contributed by atoms with Gasteiger partial charge >= 0.3 is 0 Å². The number of carbonyl (C=O) groups is 3. The monoisotopic (exact) mass is 520 g/mol. The molecule has 1 unspecified atom stereocenters. The number of nitrogen functional groups attached to an aromatic ring is 1. The fourth-order valence-corrected chi connectivity index (χ4v) is 5.37. The summed E-state index contributed by atoms with van der Waals surface area (Å²) >= 11 is 0.798. The molecule has 10 heteroatoms. The molecule has 1 saturated carbocycles. The van der Waals surface area contributed by atoms with Crippen molar-refractivity contribution < 1.29 is 14.4 Å². The van der Waals surface area contributed by atoms with Crippen LogP contribution in [0.15, 0.2) is 48.5 Å². The number of anilines is 3. The van der Waals surface area contributed by atoms with Crippen LogP contribution in [-0.4, -0.2) is 42.2 Å². The fraction of sp³-hybridized carbons (Fsp3) is 0.333. The van der Waals surface area contributed by atoms with Gasteiger partial charge in [0.2, 0.25) is 5.91 Å². The van der Waals surface area contributed by atoms with Crippen molar-refractivity contribution in [1.82, 2.24) is 9.69 Å². The Morgan fingerprint density at radius 2 is 1.73 bits per heavy atom. The molecular formula is C27H32N6O3S. The number of nitrogens with zero attached hydrogens (tertiary/aromatic N) is 3. The van der Waals surface area contributed by atoms with E-state index in [-0.39, 0.29) is 28.2 Å². The molecule has 1 aliphatic carbocycles. The minimum Gasteiger partial charge on any atom is -0.395 e. The number of nitrogens with two attached hydrogens (primary N) is 2. The molecule has 194 valence electrons. The number of primary amides is 1. The van der Waals surface area contributed by atoms with Crippen molar-refractivity contribution in [2.75, 3.05) is 29.6 Å². The highest BCUT2D eigenvalue weighted by molar-refractivity contribution is 7.09. The van der Waals surface area contributed by atoms with E-state index in [1.807, 2.05) is 68.4 Å². The summed E-state index contributed by atoms with van der Waals surface area (Å²) in [6.07, 6.45) is 3.92. The highest BCUT2D eigenvalue weighted by Gasteiger charge is 2.37. The molecule has 0 bridgehead atoms. The fourth-order valence-electron chi connectivity index (χ4n) is 4.62. The molecule has 3 aromatic rings. The molecule has 1 heterocycles. The van der Waals surface area contributed by atoms with E-state index in [2.05, 4.69) is 9.69 Å². The van der Waals surface area contributed by atoms with Gasteiger partial charge in [-0.15, -0.1) is 0 Å². The summed E-state index contributed by atoms with van der Waals surface area (Å²) in [4.78, 5) is 43.3. The Hall–Kier alpha value is -3.92. The average molecular weight is 521 g/mol. The van der Waals surface area contributed by atoms with Gasteiger partial charge in [0.05, 0.1) is 5.69 Å². The number of hydrogen-bond acceptors (Lipinski definition) is 7. The van der Waals surface area contributed by atoms with Crippen molar-refractivity contribution in [1.29, 1.82) is 0 Å². The van der Waals surface area contributed by atoms with E-state index in [0.29, 0.717) is 11.3 Å². The van der Waals surface area contributed by atoms with E-state index in [1.54, 1.807) is 6.07 Å². The molecule has 0 spiro atoms. The quantitative estimate of drug-likeness (QED) is 0.415. The van der Waals surface area contributed by atoms with E-state index in [0.717, 1.165) is 48.5 Å². The zero-order valence-electron chi connectivity index (χ0n) is 21.2. The van der Waals surface area contributed by atoms with Crippen LogP contribution in [0.25, 0.3) is 0 Å². The first kappa shape index (κ1) is 26.2. The van der Waals surface area contributed by atoms with Crippen molar-refractivity contribution in [3.63, 3.8) is 0 Å². The molecule has 2 aromatic carbocycles. The molecule has 5 N–H and O–H groups in total. The third-order valence-corrected chi connectivity index (χ3v) is 7.44. The second-order valence-electron chi connectivity index (χ2n) is 9.53. The van der Waals surface area contributed by atoms with Crippen molar-refractivity contribution >= 4 is 46.3 Å². The van der Waals surface area contributed by atoms with Gasteiger partial charge in [-0.2, -0.15) is 4.37 Å². The lowest BCUT2D eigenvalue weighted by molar-refractivity contribution is -0.123. The van der Waals surface area contributed by atoms with Crippen molar-refractivity contribution in [2.45, 2.75) is 44.7 Å². The highest BCUT2D eigenvalue weighted by Crippen LogP contribution is 2.34. The van der Waals surface area contributed by atoms with Gasteiger partial charge in [0, 0.05) is 31.5 Å². The van der Waals surface area contributed by atoms with Crippen LogP contribution in [0.2, 0.25) is 0 Å². The maximum atomic E-state index is 14.1. The first-order valence-corrected chi connectivity index (χ1v) is 13.0. The predicted molar refractivity (Wildman–Crippen MR) is 147 cm³/mol. The van der Waals surface area contributed by atoms with Crippen LogP contribution in [0.3, 0.4) is 0 Å².